The second-order valence-electron chi connectivity index (χ2n) is 7.10. The van der Waals surface area contributed by atoms with Crippen LogP contribution in [0.1, 0.15) is 29.7 Å². The van der Waals surface area contributed by atoms with Crippen molar-refractivity contribution in [3.63, 3.8) is 0 Å². The van der Waals surface area contributed by atoms with Gasteiger partial charge in [0.15, 0.2) is 11.7 Å². The van der Waals surface area contributed by atoms with E-state index in [1.807, 2.05) is 42.8 Å². The van der Waals surface area contributed by atoms with Crippen molar-refractivity contribution in [2.75, 3.05) is 6.54 Å². The molecule has 0 saturated carbocycles. The monoisotopic (exact) mass is 546 g/mol. The number of aryl methyl sites for hydroxylation is 2. The van der Waals surface area contributed by atoms with E-state index in [1.165, 1.54) is 0 Å². The van der Waals surface area contributed by atoms with Crippen molar-refractivity contribution < 1.29 is 4.42 Å². The Balaban J connectivity index is 0.00000289. The Morgan fingerprint density at radius 1 is 1.16 bits per heavy atom. The van der Waals surface area contributed by atoms with Crippen LogP contribution in [-0.4, -0.2) is 37.5 Å². The van der Waals surface area contributed by atoms with Gasteiger partial charge in [-0.25, -0.2) is 14.7 Å². The van der Waals surface area contributed by atoms with E-state index < -0.39 is 0 Å². The molecular weight excluding hydrogens is 519 g/mol. The van der Waals surface area contributed by atoms with Gasteiger partial charge >= 0.3 is 0 Å². The minimum absolute atomic E-state index is 0. The third kappa shape index (κ3) is 5.55. The van der Waals surface area contributed by atoms with Crippen LogP contribution >= 0.6 is 24.0 Å². The maximum atomic E-state index is 5.33. The Morgan fingerprint density at radius 3 is 2.72 bits per heavy atom. The number of rotatable bonds is 7. The number of hydrogen-bond acceptors (Lipinski definition) is 5. The summed E-state index contributed by atoms with van der Waals surface area (Å²) in [4.78, 5) is 9.20. The standard InChI is InChI=1S/C22H26N8O.HI/c1-4-23-22(25-14-20-26-21(28-27-20)19-10-7-11-31-19)24-13-17-8-5-6-9-18(17)30-16(3)12-15(2)29-30;/h5-12H,4,13-14H2,1-3H3,(H2,23,24,25)(H,26,27,28);1H. The molecule has 4 rings (SSSR count). The van der Waals surface area contributed by atoms with Crippen LogP contribution in [0.2, 0.25) is 0 Å². The summed E-state index contributed by atoms with van der Waals surface area (Å²) in [6.45, 7) is 7.80. The molecule has 0 aliphatic carbocycles. The van der Waals surface area contributed by atoms with E-state index >= 15 is 0 Å². The number of hydrogen-bond donors (Lipinski definition) is 3. The van der Waals surface area contributed by atoms with Gasteiger partial charge in [-0.2, -0.15) is 5.10 Å². The van der Waals surface area contributed by atoms with Gasteiger partial charge in [-0.05, 0) is 50.6 Å². The van der Waals surface area contributed by atoms with Crippen molar-refractivity contribution in [2.24, 2.45) is 4.99 Å². The van der Waals surface area contributed by atoms with E-state index in [1.54, 1.807) is 6.26 Å². The zero-order valence-electron chi connectivity index (χ0n) is 18.3. The van der Waals surface area contributed by atoms with Gasteiger partial charge in [-0.15, -0.1) is 29.1 Å². The number of aromatic amines is 1. The molecule has 9 nitrogen and oxygen atoms in total. The molecule has 0 amide bonds. The van der Waals surface area contributed by atoms with Crippen molar-refractivity contribution in [3.05, 3.63) is 71.5 Å². The van der Waals surface area contributed by atoms with E-state index in [4.69, 9.17) is 9.41 Å². The van der Waals surface area contributed by atoms with Gasteiger partial charge in [0.25, 0.3) is 0 Å². The molecule has 0 radical (unpaired) electrons. The summed E-state index contributed by atoms with van der Waals surface area (Å²) in [6, 6.07) is 13.9. The van der Waals surface area contributed by atoms with Gasteiger partial charge in [0.2, 0.25) is 5.82 Å². The van der Waals surface area contributed by atoms with Crippen LogP contribution in [0.4, 0.5) is 0 Å². The highest BCUT2D eigenvalue weighted by molar-refractivity contribution is 14.0. The molecule has 0 unspecified atom stereocenters. The summed E-state index contributed by atoms with van der Waals surface area (Å²) in [5.41, 5.74) is 4.21. The lowest BCUT2D eigenvalue weighted by Gasteiger charge is -2.12. The van der Waals surface area contributed by atoms with E-state index in [0.717, 1.165) is 29.2 Å². The number of H-pyrrole nitrogens is 1. The van der Waals surface area contributed by atoms with Crippen molar-refractivity contribution in [1.29, 1.82) is 0 Å². The number of guanidine groups is 1. The number of aromatic nitrogens is 5. The summed E-state index contributed by atoms with van der Waals surface area (Å²) in [6.07, 6.45) is 1.60. The molecule has 168 valence electrons. The van der Waals surface area contributed by atoms with E-state index in [-0.39, 0.29) is 24.0 Å². The average molecular weight is 546 g/mol. The highest BCUT2D eigenvalue weighted by Crippen LogP contribution is 2.18. The van der Waals surface area contributed by atoms with E-state index in [9.17, 15) is 0 Å². The molecule has 0 fully saturated rings. The quantitative estimate of drug-likeness (QED) is 0.185. The first-order valence-electron chi connectivity index (χ1n) is 10.2. The zero-order chi connectivity index (χ0) is 21.6. The van der Waals surface area contributed by atoms with Crippen LogP contribution in [0.5, 0.6) is 0 Å². The number of benzene rings is 1. The first-order chi connectivity index (χ1) is 15.1. The lowest BCUT2D eigenvalue weighted by atomic mass is 10.2. The van der Waals surface area contributed by atoms with Crippen molar-refractivity contribution >= 4 is 29.9 Å². The molecule has 0 saturated heterocycles. The van der Waals surface area contributed by atoms with Gasteiger partial charge in [-0.1, -0.05) is 18.2 Å². The fraction of sp³-hybridized carbons (Fsp3) is 0.273. The van der Waals surface area contributed by atoms with Crippen LogP contribution in [0.15, 0.2) is 58.1 Å². The Labute approximate surface area is 203 Å². The predicted molar refractivity (Wildman–Crippen MR) is 134 cm³/mol. The molecule has 0 bridgehead atoms. The highest BCUT2D eigenvalue weighted by Gasteiger charge is 2.10. The third-order valence-electron chi connectivity index (χ3n) is 4.68. The van der Waals surface area contributed by atoms with Gasteiger partial charge in [0, 0.05) is 12.2 Å². The molecule has 3 heterocycles. The smallest absolute Gasteiger partial charge is 0.216 e. The summed E-state index contributed by atoms with van der Waals surface area (Å²) < 4.78 is 7.30. The SMILES string of the molecule is CCNC(=NCc1ccccc1-n1nc(C)cc1C)NCc1nc(-c2ccco2)n[nH]1.I. The molecule has 0 aliphatic heterocycles. The minimum atomic E-state index is 0. The van der Waals surface area contributed by atoms with Gasteiger partial charge < -0.3 is 15.1 Å². The van der Waals surface area contributed by atoms with Crippen molar-refractivity contribution in [2.45, 2.75) is 33.9 Å². The normalized spacial score (nSPS) is 11.3. The maximum absolute atomic E-state index is 5.33. The Kier molecular flexibility index (Phi) is 8.03. The van der Waals surface area contributed by atoms with Gasteiger partial charge in [0.1, 0.15) is 5.82 Å². The molecular formula is C22H27IN8O. The van der Waals surface area contributed by atoms with Crippen LogP contribution in [-0.2, 0) is 13.1 Å². The summed E-state index contributed by atoms with van der Waals surface area (Å²) >= 11 is 0. The Hall–Kier alpha value is -3.15. The van der Waals surface area contributed by atoms with Crippen LogP contribution in [0.25, 0.3) is 17.3 Å². The number of nitrogens with zero attached hydrogens (tertiary/aromatic N) is 5. The summed E-state index contributed by atoms with van der Waals surface area (Å²) in [5, 5.41) is 18.3. The highest BCUT2D eigenvalue weighted by atomic mass is 127. The fourth-order valence-corrected chi connectivity index (χ4v) is 3.29. The third-order valence-corrected chi connectivity index (χ3v) is 4.68. The van der Waals surface area contributed by atoms with Crippen LogP contribution in [0.3, 0.4) is 0 Å². The zero-order valence-corrected chi connectivity index (χ0v) is 20.6. The first kappa shape index (κ1) is 23.5. The topological polar surface area (TPSA) is 109 Å². The van der Waals surface area contributed by atoms with E-state index in [0.29, 0.717) is 36.5 Å². The number of aliphatic imine (C=N–C) groups is 1. The first-order valence-corrected chi connectivity index (χ1v) is 10.2. The molecule has 0 atom stereocenters. The number of furan rings is 1. The molecule has 3 aromatic heterocycles. The van der Waals surface area contributed by atoms with Crippen molar-refractivity contribution in [3.8, 4) is 17.3 Å². The fourth-order valence-electron chi connectivity index (χ4n) is 3.29. The minimum Gasteiger partial charge on any atom is -0.461 e. The molecule has 1 aromatic carbocycles. The predicted octanol–water partition coefficient (Wildman–Crippen LogP) is 3.74. The van der Waals surface area contributed by atoms with Gasteiger partial charge in [-0.3, -0.25) is 5.10 Å². The van der Waals surface area contributed by atoms with Crippen molar-refractivity contribution in [1.82, 2.24) is 35.6 Å². The molecule has 0 spiro atoms. The maximum Gasteiger partial charge on any atom is 0.216 e. The second kappa shape index (κ2) is 10.9. The lowest BCUT2D eigenvalue weighted by Crippen LogP contribution is -2.37. The summed E-state index contributed by atoms with van der Waals surface area (Å²) in [7, 11) is 0. The van der Waals surface area contributed by atoms with E-state index in [2.05, 4.69) is 56.0 Å². The molecule has 0 aliphatic rings. The van der Waals surface area contributed by atoms with Crippen LogP contribution < -0.4 is 10.6 Å². The van der Waals surface area contributed by atoms with Crippen LogP contribution in [0, 0.1) is 13.8 Å². The second-order valence-corrected chi connectivity index (χ2v) is 7.10. The number of para-hydroxylation sites is 1. The summed E-state index contributed by atoms with van der Waals surface area (Å²) in [5.74, 6) is 2.55. The molecule has 10 heteroatoms. The average Bonchev–Trinajstić information content (AvgIpc) is 3.51. The number of nitrogens with one attached hydrogen (secondary N) is 3. The Morgan fingerprint density at radius 2 is 2.00 bits per heavy atom. The largest absolute Gasteiger partial charge is 0.461 e. The molecule has 4 aromatic rings. The molecule has 3 N–H and O–H groups in total. The van der Waals surface area contributed by atoms with Gasteiger partial charge in [0.05, 0.1) is 30.7 Å². The Bertz CT molecular complexity index is 1160. The lowest BCUT2D eigenvalue weighted by molar-refractivity contribution is 0.577. The number of halogens is 1. The molecule has 32 heavy (non-hydrogen) atoms.